The van der Waals surface area contributed by atoms with Crippen LogP contribution in [0.5, 0.6) is 0 Å². The summed E-state index contributed by atoms with van der Waals surface area (Å²) in [5, 5.41) is 6.61. The Morgan fingerprint density at radius 3 is 2.92 bits per heavy atom. The number of aromatic amines is 1. The summed E-state index contributed by atoms with van der Waals surface area (Å²) in [6.45, 7) is 0.541. The highest BCUT2D eigenvalue weighted by molar-refractivity contribution is 4.99. The molecule has 0 aromatic carbocycles. The SMILES string of the molecule is Cn1ccn(Cc2ccn[nH]2)c1=O. The van der Waals surface area contributed by atoms with Crippen LogP contribution in [0.25, 0.3) is 0 Å². The molecule has 0 aliphatic rings. The lowest BCUT2D eigenvalue weighted by Crippen LogP contribution is -2.22. The lowest BCUT2D eigenvalue weighted by molar-refractivity contribution is 0.702. The fourth-order valence-electron chi connectivity index (χ4n) is 1.19. The van der Waals surface area contributed by atoms with Crippen LogP contribution in [0.3, 0.4) is 0 Å². The molecule has 5 heteroatoms. The average Bonchev–Trinajstić information content (AvgIpc) is 2.71. The van der Waals surface area contributed by atoms with E-state index in [0.717, 1.165) is 5.69 Å². The second kappa shape index (κ2) is 2.93. The number of imidazole rings is 1. The van der Waals surface area contributed by atoms with Gasteiger partial charge < -0.3 is 4.57 Å². The van der Waals surface area contributed by atoms with Gasteiger partial charge in [-0.2, -0.15) is 5.10 Å². The van der Waals surface area contributed by atoms with Crippen LogP contribution in [0.4, 0.5) is 0 Å². The normalized spacial score (nSPS) is 10.5. The molecule has 0 spiro atoms. The zero-order valence-corrected chi connectivity index (χ0v) is 7.27. The largest absolute Gasteiger partial charge is 0.328 e. The summed E-state index contributed by atoms with van der Waals surface area (Å²) in [6.07, 6.45) is 5.16. The molecule has 2 rings (SSSR count). The minimum atomic E-state index is -0.0189. The van der Waals surface area contributed by atoms with Gasteiger partial charge in [-0.25, -0.2) is 4.79 Å². The Kier molecular flexibility index (Phi) is 1.77. The van der Waals surface area contributed by atoms with Crippen LogP contribution in [0.15, 0.2) is 29.5 Å². The quantitative estimate of drug-likeness (QED) is 0.701. The van der Waals surface area contributed by atoms with Crippen molar-refractivity contribution in [3.05, 3.63) is 40.8 Å². The highest BCUT2D eigenvalue weighted by Crippen LogP contribution is 1.94. The third-order valence-corrected chi connectivity index (χ3v) is 1.92. The predicted octanol–water partition coefficient (Wildman–Crippen LogP) is -0.0418. The Labute approximate surface area is 74.6 Å². The number of H-pyrrole nitrogens is 1. The molecule has 0 saturated carbocycles. The minimum absolute atomic E-state index is 0.0189. The van der Waals surface area contributed by atoms with Crippen molar-refractivity contribution in [2.45, 2.75) is 6.54 Å². The molecule has 0 aliphatic heterocycles. The Morgan fingerprint density at radius 1 is 1.54 bits per heavy atom. The molecule has 13 heavy (non-hydrogen) atoms. The van der Waals surface area contributed by atoms with Gasteiger partial charge in [0, 0.05) is 25.6 Å². The molecule has 0 radical (unpaired) electrons. The van der Waals surface area contributed by atoms with Crippen LogP contribution in [0.1, 0.15) is 5.69 Å². The summed E-state index contributed by atoms with van der Waals surface area (Å²) in [7, 11) is 1.73. The topological polar surface area (TPSA) is 55.6 Å². The van der Waals surface area contributed by atoms with E-state index in [4.69, 9.17) is 0 Å². The Balaban J connectivity index is 2.29. The molecule has 0 amide bonds. The van der Waals surface area contributed by atoms with E-state index in [9.17, 15) is 4.79 Å². The number of hydrogen-bond donors (Lipinski definition) is 1. The molecule has 2 aromatic rings. The van der Waals surface area contributed by atoms with Gasteiger partial charge in [0.05, 0.1) is 12.2 Å². The first-order valence-electron chi connectivity index (χ1n) is 3.97. The van der Waals surface area contributed by atoms with E-state index in [1.54, 1.807) is 30.2 Å². The number of aryl methyl sites for hydroxylation is 1. The van der Waals surface area contributed by atoms with Crippen LogP contribution in [-0.2, 0) is 13.6 Å². The summed E-state index contributed by atoms with van der Waals surface area (Å²) in [6, 6.07) is 1.85. The summed E-state index contributed by atoms with van der Waals surface area (Å²) < 4.78 is 3.16. The van der Waals surface area contributed by atoms with Gasteiger partial charge in [-0.05, 0) is 6.07 Å². The van der Waals surface area contributed by atoms with Gasteiger partial charge in [0.15, 0.2) is 0 Å². The predicted molar refractivity (Wildman–Crippen MR) is 47.4 cm³/mol. The molecular formula is C8H10N4O. The summed E-state index contributed by atoms with van der Waals surface area (Å²) in [4.78, 5) is 11.4. The Morgan fingerprint density at radius 2 is 2.38 bits per heavy atom. The molecule has 5 nitrogen and oxygen atoms in total. The van der Waals surface area contributed by atoms with Gasteiger partial charge in [0.1, 0.15) is 0 Å². The minimum Gasteiger partial charge on any atom is -0.302 e. The fraction of sp³-hybridized carbons (Fsp3) is 0.250. The lowest BCUT2D eigenvalue weighted by Gasteiger charge is -1.96. The summed E-state index contributed by atoms with van der Waals surface area (Å²) in [5.41, 5.74) is 0.905. The lowest BCUT2D eigenvalue weighted by atomic mass is 10.4. The van der Waals surface area contributed by atoms with Crippen LogP contribution in [0, 0.1) is 0 Å². The standard InChI is InChI=1S/C8H10N4O/c1-11-4-5-12(8(11)13)6-7-2-3-9-10-7/h2-5H,6H2,1H3,(H,9,10). The number of nitrogens with zero attached hydrogens (tertiary/aromatic N) is 3. The van der Waals surface area contributed by atoms with Crippen molar-refractivity contribution in [1.29, 1.82) is 0 Å². The maximum atomic E-state index is 11.4. The van der Waals surface area contributed by atoms with Crippen LogP contribution in [0.2, 0.25) is 0 Å². The van der Waals surface area contributed by atoms with Crippen molar-refractivity contribution in [1.82, 2.24) is 19.3 Å². The van der Waals surface area contributed by atoms with Crippen LogP contribution in [-0.4, -0.2) is 19.3 Å². The third kappa shape index (κ3) is 1.40. The van der Waals surface area contributed by atoms with Crippen molar-refractivity contribution in [3.63, 3.8) is 0 Å². The number of aromatic nitrogens is 4. The molecular weight excluding hydrogens is 168 g/mol. The monoisotopic (exact) mass is 178 g/mol. The fourth-order valence-corrected chi connectivity index (χ4v) is 1.19. The van der Waals surface area contributed by atoms with E-state index in [0.29, 0.717) is 6.54 Å². The van der Waals surface area contributed by atoms with E-state index in [1.807, 2.05) is 6.07 Å². The molecule has 0 saturated heterocycles. The van der Waals surface area contributed by atoms with Gasteiger partial charge >= 0.3 is 5.69 Å². The molecule has 2 heterocycles. The zero-order valence-electron chi connectivity index (χ0n) is 7.27. The zero-order chi connectivity index (χ0) is 9.26. The molecule has 0 atom stereocenters. The van der Waals surface area contributed by atoms with E-state index in [2.05, 4.69) is 10.2 Å². The van der Waals surface area contributed by atoms with Crippen molar-refractivity contribution in [3.8, 4) is 0 Å². The first-order chi connectivity index (χ1) is 6.27. The smallest absolute Gasteiger partial charge is 0.302 e. The van der Waals surface area contributed by atoms with E-state index in [1.165, 1.54) is 4.57 Å². The highest BCUT2D eigenvalue weighted by Gasteiger charge is 2.00. The van der Waals surface area contributed by atoms with E-state index < -0.39 is 0 Å². The molecule has 0 unspecified atom stereocenters. The molecule has 2 aromatic heterocycles. The van der Waals surface area contributed by atoms with Crippen molar-refractivity contribution >= 4 is 0 Å². The highest BCUT2D eigenvalue weighted by atomic mass is 16.1. The van der Waals surface area contributed by atoms with Crippen molar-refractivity contribution in [2.75, 3.05) is 0 Å². The Bertz CT molecular complexity index is 437. The number of rotatable bonds is 2. The van der Waals surface area contributed by atoms with Gasteiger partial charge in [-0.1, -0.05) is 0 Å². The molecule has 0 aliphatic carbocycles. The van der Waals surface area contributed by atoms with Crippen LogP contribution < -0.4 is 5.69 Å². The maximum absolute atomic E-state index is 11.4. The second-order valence-corrected chi connectivity index (χ2v) is 2.90. The maximum Gasteiger partial charge on any atom is 0.328 e. The molecule has 0 fully saturated rings. The Hall–Kier alpha value is -1.78. The third-order valence-electron chi connectivity index (χ3n) is 1.92. The van der Waals surface area contributed by atoms with Gasteiger partial charge in [0.2, 0.25) is 0 Å². The molecule has 0 bridgehead atoms. The van der Waals surface area contributed by atoms with Crippen molar-refractivity contribution in [2.24, 2.45) is 7.05 Å². The molecule has 1 N–H and O–H groups in total. The van der Waals surface area contributed by atoms with Gasteiger partial charge in [-0.15, -0.1) is 0 Å². The average molecular weight is 178 g/mol. The summed E-state index contributed by atoms with van der Waals surface area (Å²) in [5.74, 6) is 0. The van der Waals surface area contributed by atoms with E-state index in [-0.39, 0.29) is 5.69 Å². The first kappa shape index (κ1) is 7.85. The molecule has 68 valence electrons. The summed E-state index contributed by atoms with van der Waals surface area (Å²) >= 11 is 0. The number of hydrogen-bond acceptors (Lipinski definition) is 2. The van der Waals surface area contributed by atoms with Crippen LogP contribution >= 0.6 is 0 Å². The van der Waals surface area contributed by atoms with Gasteiger partial charge in [0.25, 0.3) is 0 Å². The second-order valence-electron chi connectivity index (χ2n) is 2.90. The van der Waals surface area contributed by atoms with Gasteiger partial charge in [-0.3, -0.25) is 9.67 Å². The van der Waals surface area contributed by atoms with E-state index >= 15 is 0 Å². The number of nitrogens with one attached hydrogen (secondary N) is 1. The van der Waals surface area contributed by atoms with Crippen molar-refractivity contribution < 1.29 is 0 Å². The first-order valence-corrected chi connectivity index (χ1v) is 3.97.